The highest BCUT2D eigenvalue weighted by Crippen LogP contribution is 2.24. The predicted octanol–water partition coefficient (Wildman–Crippen LogP) is 2.15. The molecule has 0 radical (unpaired) electrons. The normalized spacial score (nSPS) is 20.9. The lowest BCUT2D eigenvalue weighted by atomic mass is 9.84. The highest BCUT2D eigenvalue weighted by atomic mass is 19.2. The van der Waals surface area contributed by atoms with Crippen LogP contribution in [0.4, 0.5) is 8.78 Å². The quantitative estimate of drug-likeness (QED) is 0.872. The number of rotatable bonds is 5. The van der Waals surface area contributed by atoms with Gasteiger partial charge in [-0.2, -0.15) is 4.98 Å². The van der Waals surface area contributed by atoms with Crippen LogP contribution in [0.25, 0.3) is 11.4 Å². The van der Waals surface area contributed by atoms with Crippen molar-refractivity contribution in [1.29, 1.82) is 0 Å². The van der Waals surface area contributed by atoms with E-state index in [0.717, 1.165) is 37.8 Å². The summed E-state index contributed by atoms with van der Waals surface area (Å²) in [6.07, 6.45) is 3.66. The lowest BCUT2D eigenvalue weighted by Gasteiger charge is -2.29. The molecule has 1 aliphatic rings. The topological polar surface area (TPSA) is 94.0 Å². The van der Waals surface area contributed by atoms with Crippen LogP contribution < -0.4 is 11.1 Å². The van der Waals surface area contributed by atoms with Gasteiger partial charge < -0.3 is 15.6 Å². The first kappa shape index (κ1) is 16.5. The van der Waals surface area contributed by atoms with Crippen molar-refractivity contribution in [1.82, 2.24) is 15.5 Å². The van der Waals surface area contributed by atoms with Crippen LogP contribution in [0.15, 0.2) is 22.7 Å². The molecule has 0 unspecified atom stereocenters. The molecule has 2 atom stereocenters. The maximum absolute atomic E-state index is 13.3. The fourth-order valence-corrected chi connectivity index (χ4v) is 3.01. The Kier molecular flexibility index (Phi) is 4.84. The van der Waals surface area contributed by atoms with Crippen molar-refractivity contribution in [2.75, 3.05) is 0 Å². The maximum Gasteiger partial charge on any atom is 0.240 e. The van der Waals surface area contributed by atoms with Gasteiger partial charge in [0.2, 0.25) is 17.6 Å². The van der Waals surface area contributed by atoms with Crippen LogP contribution in [-0.4, -0.2) is 22.1 Å². The molecule has 128 valence electrons. The lowest BCUT2D eigenvalue weighted by Crippen LogP contribution is -2.44. The van der Waals surface area contributed by atoms with E-state index in [-0.39, 0.29) is 30.2 Å². The summed E-state index contributed by atoms with van der Waals surface area (Å²) in [5.74, 6) is -1.92. The number of nitrogens with one attached hydrogen (secondary N) is 1. The van der Waals surface area contributed by atoms with Gasteiger partial charge in [-0.05, 0) is 31.0 Å². The summed E-state index contributed by atoms with van der Waals surface area (Å²) in [5.41, 5.74) is 5.77. The van der Waals surface area contributed by atoms with E-state index >= 15 is 0 Å². The molecule has 0 saturated heterocycles. The molecular formula is C16H18F2N4O2. The highest BCUT2D eigenvalue weighted by molar-refractivity contribution is 5.77. The second-order valence-electron chi connectivity index (χ2n) is 5.92. The molecule has 0 spiro atoms. The van der Waals surface area contributed by atoms with Gasteiger partial charge in [-0.25, -0.2) is 8.78 Å². The summed E-state index contributed by atoms with van der Waals surface area (Å²) in [4.78, 5) is 15.6. The van der Waals surface area contributed by atoms with Crippen molar-refractivity contribution in [3.05, 3.63) is 35.7 Å². The summed E-state index contributed by atoms with van der Waals surface area (Å²) in [7, 11) is 0. The van der Waals surface area contributed by atoms with E-state index in [1.807, 2.05) is 0 Å². The van der Waals surface area contributed by atoms with Gasteiger partial charge in [0.25, 0.3) is 0 Å². The SMILES string of the molecule is NC(=O)[C@H]1CCCC[C@@H]1NCc1nc(-c2ccc(F)c(F)c2)no1. The molecule has 0 bridgehead atoms. The van der Waals surface area contributed by atoms with E-state index in [1.165, 1.54) is 6.07 Å². The largest absolute Gasteiger partial charge is 0.369 e. The Morgan fingerprint density at radius 2 is 2.08 bits per heavy atom. The first-order valence-electron chi connectivity index (χ1n) is 7.85. The summed E-state index contributed by atoms with van der Waals surface area (Å²) in [6, 6.07) is 3.39. The maximum atomic E-state index is 13.3. The van der Waals surface area contributed by atoms with Crippen molar-refractivity contribution in [3.8, 4) is 11.4 Å². The molecule has 1 aromatic heterocycles. The molecule has 1 heterocycles. The number of halogens is 2. The zero-order valence-corrected chi connectivity index (χ0v) is 13.0. The van der Waals surface area contributed by atoms with E-state index in [4.69, 9.17) is 10.3 Å². The van der Waals surface area contributed by atoms with Crippen molar-refractivity contribution >= 4 is 5.91 Å². The zero-order valence-electron chi connectivity index (χ0n) is 13.0. The van der Waals surface area contributed by atoms with Gasteiger partial charge in [0.15, 0.2) is 11.6 Å². The Balaban J connectivity index is 1.65. The molecule has 6 nitrogen and oxygen atoms in total. The second-order valence-corrected chi connectivity index (χ2v) is 5.92. The summed E-state index contributed by atoms with van der Waals surface area (Å²) < 4.78 is 31.3. The van der Waals surface area contributed by atoms with Crippen LogP contribution in [0.3, 0.4) is 0 Å². The molecule has 2 aromatic rings. The second kappa shape index (κ2) is 7.04. The molecule has 1 saturated carbocycles. The first-order chi connectivity index (χ1) is 11.5. The van der Waals surface area contributed by atoms with Crippen LogP contribution in [0.5, 0.6) is 0 Å². The van der Waals surface area contributed by atoms with Crippen LogP contribution in [0, 0.1) is 17.6 Å². The zero-order chi connectivity index (χ0) is 17.1. The number of amides is 1. The molecule has 3 N–H and O–H groups in total. The fourth-order valence-electron chi connectivity index (χ4n) is 3.01. The van der Waals surface area contributed by atoms with Gasteiger partial charge in [-0.15, -0.1) is 0 Å². The molecule has 1 aromatic carbocycles. The molecule has 8 heteroatoms. The number of hydrogen-bond acceptors (Lipinski definition) is 5. The van der Waals surface area contributed by atoms with Gasteiger partial charge >= 0.3 is 0 Å². The average molecular weight is 336 g/mol. The third-order valence-corrected chi connectivity index (χ3v) is 4.29. The van der Waals surface area contributed by atoms with Gasteiger partial charge in [0, 0.05) is 11.6 Å². The number of nitrogens with zero attached hydrogens (tertiary/aromatic N) is 2. The number of carbonyl (C=O) groups excluding carboxylic acids is 1. The van der Waals surface area contributed by atoms with Crippen LogP contribution in [-0.2, 0) is 11.3 Å². The van der Waals surface area contributed by atoms with E-state index in [2.05, 4.69) is 15.5 Å². The van der Waals surface area contributed by atoms with Gasteiger partial charge in [-0.3, -0.25) is 4.79 Å². The molecule has 0 aliphatic heterocycles. The summed E-state index contributed by atoms with van der Waals surface area (Å²) in [5, 5.41) is 6.99. The highest BCUT2D eigenvalue weighted by Gasteiger charge is 2.29. The Hall–Kier alpha value is -2.35. The monoisotopic (exact) mass is 336 g/mol. The van der Waals surface area contributed by atoms with Crippen molar-refractivity contribution < 1.29 is 18.1 Å². The number of nitrogens with two attached hydrogens (primary N) is 1. The third-order valence-electron chi connectivity index (χ3n) is 4.29. The van der Waals surface area contributed by atoms with Gasteiger partial charge in [0.1, 0.15) is 0 Å². The standard InChI is InChI=1S/C16H18F2N4O2/c17-11-6-5-9(7-12(11)18)16-21-14(24-22-16)8-20-13-4-2-1-3-10(13)15(19)23/h5-7,10,13,20H,1-4,8H2,(H2,19,23)/t10-,13-/m0/s1. The number of aromatic nitrogens is 2. The van der Waals surface area contributed by atoms with E-state index < -0.39 is 11.6 Å². The molecule has 1 aliphatic carbocycles. The molecule has 24 heavy (non-hydrogen) atoms. The van der Waals surface area contributed by atoms with Crippen molar-refractivity contribution in [2.24, 2.45) is 11.7 Å². The van der Waals surface area contributed by atoms with Crippen LogP contribution >= 0.6 is 0 Å². The Bertz CT molecular complexity index is 735. The Morgan fingerprint density at radius 1 is 1.29 bits per heavy atom. The van der Waals surface area contributed by atoms with Crippen molar-refractivity contribution in [3.63, 3.8) is 0 Å². The minimum Gasteiger partial charge on any atom is -0.369 e. The van der Waals surface area contributed by atoms with Crippen LogP contribution in [0.1, 0.15) is 31.6 Å². The lowest BCUT2D eigenvalue weighted by molar-refractivity contribution is -0.123. The number of hydrogen-bond donors (Lipinski definition) is 2. The first-order valence-corrected chi connectivity index (χ1v) is 7.85. The summed E-state index contributed by atoms with van der Waals surface area (Å²) >= 11 is 0. The number of benzene rings is 1. The van der Waals surface area contributed by atoms with Crippen LogP contribution in [0.2, 0.25) is 0 Å². The Labute approximate surface area is 137 Å². The summed E-state index contributed by atoms with van der Waals surface area (Å²) in [6.45, 7) is 0.283. The average Bonchev–Trinajstić information content (AvgIpc) is 3.04. The number of carbonyl (C=O) groups is 1. The van der Waals surface area contributed by atoms with E-state index in [0.29, 0.717) is 11.5 Å². The number of primary amides is 1. The molecule has 1 fully saturated rings. The fraction of sp³-hybridized carbons (Fsp3) is 0.438. The van der Waals surface area contributed by atoms with Gasteiger partial charge in [-0.1, -0.05) is 18.0 Å². The molecule has 3 rings (SSSR count). The Morgan fingerprint density at radius 3 is 2.83 bits per heavy atom. The molecular weight excluding hydrogens is 318 g/mol. The minimum atomic E-state index is -0.969. The minimum absolute atomic E-state index is 0.0186. The van der Waals surface area contributed by atoms with Crippen molar-refractivity contribution in [2.45, 2.75) is 38.3 Å². The van der Waals surface area contributed by atoms with E-state index in [9.17, 15) is 13.6 Å². The van der Waals surface area contributed by atoms with E-state index in [1.54, 1.807) is 0 Å². The smallest absolute Gasteiger partial charge is 0.240 e. The molecule has 1 amide bonds. The third kappa shape index (κ3) is 3.59. The van der Waals surface area contributed by atoms with Gasteiger partial charge in [0.05, 0.1) is 12.5 Å². The predicted molar refractivity (Wildman–Crippen MR) is 81.4 cm³/mol.